The molecule has 2 aromatic carbocycles. The van der Waals surface area contributed by atoms with E-state index in [0.29, 0.717) is 11.3 Å². The first-order valence-electron chi connectivity index (χ1n) is 7.79. The Morgan fingerprint density at radius 2 is 1.71 bits per heavy atom. The van der Waals surface area contributed by atoms with Crippen molar-refractivity contribution >= 4 is 27.6 Å². The highest BCUT2D eigenvalue weighted by Crippen LogP contribution is 2.45. The van der Waals surface area contributed by atoms with Crippen molar-refractivity contribution in [3.05, 3.63) is 64.1 Å². The molecular weight excluding hydrogens is 370 g/mol. The van der Waals surface area contributed by atoms with E-state index in [9.17, 15) is 9.59 Å². The number of halogens is 1. The van der Waals surface area contributed by atoms with Crippen LogP contribution in [0, 0.1) is 0 Å². The van der Waals surface area contributed by atoms with Crippen LogP contribution in [0.5, 0.6) is 5.75 Å². The van der Waals surface area contributed by atoms with Gasteiger partial charge in [-0.05, 0) is 61.7 Å². The Kier molecular flexibility index (Phi) is 4.71. The Hall–Kier alpha value is -2.14. The first kappa shape index (κ1) is 16.7. The molecule has 1 aliphatic carbocycles. The molecule has 0 bridgehead atoms. The molecule has 0 aromatic heterocycles. The van der Waals surface area contributed by atoms with Crippen molar-refractivity contribution in [2.75, 3.05) is 6.61 Å². The lowest BCUT2D eigenvalue weighted by molar-refractivity contribution is -0.124. The first-order chi connectivity index (χ1) is 11.5. The molecule has 3 rings (SSSR count). The molecule has 1 fully saturated rings. The number of ether oxygens (including phenoxy) is 1. The second kappa shape index (κ2) is 6.77. The Balaban J connectivity index is 1.56. The van der Waals surface area contributed by atoms with Gasteiger partial charge >= 0.3 is 0 Å². The van der Waals surface area contributed by atoms with Crippen LogP contribution in [-0.4, -0.2) is 18.3 Å². The van der Waals surface area contributed by atoms with Crippen molar-refractivity contribution in [1.29, 1.82) is 0 Å². The summed E-state index contributed by atoms with van der Waals surface area (Å²) in [5.74, 6) is 0.430. The van der Waals surface area contributed by atoms with Crippen LogP contribution < -0.4 is 10.1 Å². The van der Waals surface area contributed by atoms with Gasteiger partial charge in [-0.15, -0.1) is 0 Å². The molecule has 0 spiro atoms. The number of Topliss-reactive ketones (excluding diaryl/α,β-unsaturated/α-hetero) is 1. The molecular formula is C19H18BrNO3. The topological polar surface area (TPSA) is 55.4 Å². The first-order valence-corrected chi connectivity index (χ1v) is 8.59. The van der Waals surface area contributed by atoms with Crippen LogP contribution in [0.4, 0.5) is 0 Å². The van der Waals surface area contributed by atoms with E-state index in [2.05, 4.69) is 21.2 Å². The average Bonchev–Trinajstić information content (AvgIpc) is 3.34. The minimum absolute atomic E-state index is 0.00414. The zero-order valence-electron chi connectivity index (χ0n) is 13.3. The molecule has 0 unspecified atom stereocenters. The van der Waals surface area contributed by atoms with E-state index in [1.165, 1.54) is 6.92 Å². The highest BCUT2D eigenvalue weighted by atomic mass is 79.9. The second-order valence-corrected chi connectivity index (χ2v) is 6.92. The van der Waals surface area contributed by atoms with Crippen LogP contribution in [0.25, 0.3) is 0 Å². The lowest BCUT2D eigenvalue weighted by Gasteiger charge is -2.18. The van der Waals surface area contributed by atoms with E-state index < -0.39 is 0 Å². The van der Waals surface area contributed by atoms with Gasteiger partial charge in [0.25, 0.3) is 5.91 Å². The van der Waals surface area contributed by atoms with Gasteiger partial charge in [0.15, 0.2) is 12.4 Å². The van der Waals surface area contributed by atoms with Gasteiger partial charge in [0.1, 0.15) is 5.75 Å². The standard InChI is InChI=1S/C19H18BrNO3/c1-13(22)14-2-8-17(9-3-14)24-12-18(23)21-19(10-11-19)15-4-6-16(20)7-5-15/h2-9H,10-12H2,1H3,(H,21,23). The minimum atomic E-state index is -0.250. The maximum atomic E-state index is 12.2. The van der Waals surface area contributed by atoms with E-state index in [-0.39, 0.29) is 23.8 Å². The number of nitrogens with one attached hydrogen (secondary N) is 1. The van der Waals surface area contributed by atoms with Gasteiger partial charge in [-0.2, -0.15) is 0 Å². The Morgan fingerprint density at radius 1 is 1.08 bits per heavy atom. The third kappa shape index (κ3) is 3.85. The average molecular weight is 388 g/mol. The lowest BCUT2D eigenvalue weighted by atomic mass is 10.1. The summed E-state index contributed by atoms with van der Waals surface area (Å²) in [6.07, 6.45) is 1.88. The number of hydrogen-bond donors (Lipinski definition) is 1. The van der Waals surface area contributed by atoms with Gasteiger partial charge in [0.05, 0.1) is 5.54 Å². The molecule has 1 amide bonds. The molecule has 0 radical (unpaired) electrons. The fraction of sp³-hybridized carbons (Fsp3) is 0.263. The molecule has 4 nitrogen and oxygen atoms in total. The predicted octanol–water partition coefficient (Wildman–Crippen LogP) is 3.84. The van der Waals surface area contributed by atoms with Crippen LogP contribution in [0.3, 0.4) is 0 Å². The fourth-order valence-electron chi connectivity index (χ4n) is 2.62. The van der Waals surface area contributed by atoms with Crippen molar-refractivity contribution in [3.8, 4) is 5.75 Å². The normalized spacial score (nSPS) is 14.8. The smallest absolute Gasteiger partial charge is 0.258 e. The number of hydrogen-bond acceptors (Lipinski definition) is 3. The number of rotatable bonds is 6. The molecule has 5 heteroatoms. The zero-order chi connectivity index (χ0) is 17.2. The Morgan fingerprint density at radius 3 is 2.25 bits per heavy atom. The molecule has 124 valence electrons. The fourth-order valence-corrected chi connectivity index (χ4v) is 2.88. The summed E-state index contributed by atoms with van der Waals surface area (Å²) in [4.78, 5) is 23.4. The SMILES string of the molecule is CC(=O)c1ccc(OCC(=O)NC2(c3ccc(Br)cc3)CC2)cc1. The third-order valence-corrected chi connectivity index (χ3v) is 4.68. The quantitative estimate of drug-likeness (QED) is 0.766. The number of carbonyl (C=O) groups is 2. The van der Waals surface area contributed by atoms with Crippen molar-refractivity contribution in [3.63, 3.8) is 0 Å². The molecule has 1 saturated carbocycles. The molecule has 0 aliphatic heterocycles. The summed E-state index contributed by atoms with van der Waals surface area (Å²) in [7, 11) is 0. The van der Waals surface area contributed by atoms with Crippen molar-refractivity contribution in [1.82, 2.24) is 5.32 Å². The molecule has 24 heavy (non-hydrogen) atoms. The van der Waals surface area contributed by atoms with Gasteiger partial charge < -0.3 is 10.1 Å². The summed E-state index contributed by atoms with van der Waals surface area (Å²) < 4.78 is 6.52. The number of amides is 1. The van der Waals surface area contributed by atoms with Crippen molar-refractivity contribution in [2.24, 2.45) is 0 Å². The van der Waals surface area contributed by atoms with Gasteiger partial charge in [-0.25, -0.2) is 0 Å². The Labute approximate surface area is 149 Å². The molecule has 1 N–H and O–H groups in total. The largest absolute Gasteiger partial charge is 0.484 e. The van der Waals surface area contributed by atoms with Crippen LogP contribution in [0.15, 0.2) is 53.0 Å². The lowest BCUT2D eigenvalue weighted by Crippen LogP contribution is -2.38. The molecule has 0 atom stereocenters. The number of benzene rings is 2. The Bertz CT molecular complexity index is 749. The predicted molar refractivity (Wildman–Crippen MR) is 95.1 cm³/mol. The number of carbonyl (C=O) groups excluding carboxylic acids is 2. The van der Waals surface area contributed by atoms with E-state index in [4.69, 9.17) is 4.74 Å². The highest BCUT2D eigenvalue weighted by Gasteiger charge is 2.45. The van der Waals surface area contributed by atoms with Crippen LogP contribution in [0.1, 0.15) is 35.7 Å². The van der Waals surface area contributed by atoms with Gasteiger partial charge in [-0.3, -0.25) is 9.59 Å². The second-order valence-electron chi connectivity index (χ2n) is 6.01. The van der Waals surface area contributed by atoms with E-state index in [1.807, 2.05) is 24.3 Å². The summed E-state index contributed by atoms with van der Waals surface area (Å²) in [6.45, 7) is 1.47. The van der Waals surface area contributed by atoms with Crippen molar-refractivity contribution < 1.29 is 14.3 Å². The molecule has 2 aromatic rings. The maximum absolute atomic E-state index is 12.2. The summed E-state index contributed by atoms with van der Waals surface area (Å²) >= 11 is 3.42. The minimum Gasteiger partial charge on any atom is -0.484 e. The monoisotopic (exact) mass is 387 g/mol. The number of ketones is 1. The molecule has 0 heterocycles. The van der Waals surface area contributed by atoms with Crippen molar-refractivity contribution in [2.45, 2.75) is 25.3 Å². The summed E-state index contributed by atoms with van der Waals surface area (Å²) in [5.41, 5.74) is 1.49. The van der Waals surface area contributed by atoms with E-state index in [1.54, 1.807) is 24.3 Å². The maximum Gasteiger partial charge on any atom is 0.258 e. The third-order valence-electron chi connectivity index (χ3n) is 4.16. The van der Waals surface area contributed by atoms with E-state index in [0.717, 1.165) is 22.9 Å². The highest BCUT2D eigenvalue weighted by molar-refractivity contribution is 9.10. The van der Waals surface area contributed by atoms with E-state index >= 15 is 0 Å². The van der Waals surface area contributed by atoms with Crippen LogP contribution >= 0.6 is 15.9 Å². The zero-order valence-corrected chi connectivity index (χ0v) is 14.9. The van der Waals surface area contributed by atoms with Crippen LogP contribution in [0.2, 0.25) is 0 Å². The van der Waals surface area contributed by atoms with Gasteiger partial charge in [0.2, 0.25) is 0 Å². The molecule has 1 aliphatic rings. The summed E-state index contributed by atoms with van der Waals surface area (Å²) in [6, 6.07) is 14.8. The van der Waals surface area contributed by atoms with Gasteiger partial charge in [0, 0.05) is 10.0 Å². The molecule has 0 saturated heterocycles. The van der Waals surface area contributed by atoms with Crippen LogP contribution in [-0.2, 0) is 10.3 Å². The summed E-state index contributed by atoms with van der Waals surface area (Å²) in [5, 5.41) is 3.07. The van der Waals surface area contributed by atoms with Gasteiger partial charge in [-0.1, -0.05) is 28.1 Å².